The first-order valence-corrected chi connectivity index (χ1v) is 19.6. The van der Waals surface area contributed by atoms with Crippen LogP contribution in [0.4, 0.5) is 0 Å². The van der Waals surface area contributed by atoms with E-state index in [9.17, 15) is 5.26 Å². The van der Waals surface area contributed by atoms with Crippen LogP contribution >= 0.6 is 0 Å². The van der Waals surface area contributed by atoms with Gasteiger partial charge in [-0.25, -0.2) is 15.0 Å². The van der Waals surface area contributed by atoms with Gasteiger partial charge in [-0.15, -0.1) is 0 Å². The van der Waals surface area contributed by atoms with Crippen LogP contribution in [0.25, 0.3) is 122 Å². The molecule has 5 aromatic heterocycles. The molecule has 0 atom stereocenters. The second-order valence-electron chi connectivity index (χ2n) is 15.0. The summed E-state index contributed by atoms with van der Waals surface area (Å²) in [5.41, 5.74) is 10.3. The monoisotopic (exact) mass is 752 g/mol. The van der Waals surface area contributed by atoms with Crippen molar-refractivity contribution in [3.05, 3.63) is 175 Å². The molecular weight excluding hydrogens is 725 g/mol. The molecule has 5 heterocycles. The molecule has 0 N–H and O–H groups in total. The average Bonchev–Trinajstić information content (AvgIpc) is 4.05. The van der Waals surface area contributed by atoms with E-state index in [2.05, 4.69) is 100.0 Å². The summed E-state index contributed by atoms with van der Waals surface area (Å²) < 4.78 is 11.7. The van der Waals surface area contributed by atoms with E-state index in [0.717, 1.165) is 54.9 Å². The maximum Gasteiger partial charge on any atom is 0.169 e. The minimum Gasteiger partial charge on any atom is -0.455 e. The van der Waals surface area contributed by atoms with Crippen LogP contribution < -0.4 is 0 Å². The maximum atomic E-state index is 11.2. The Bertz CT molecular complexity index is 3850. The molecule has 0 fully saturated rings. The van der Waals surface area contributed by atoms with E-state index in [1.807, 2.05) is 84.9 Å². The number of nitriles is 1. The summed E-state index contributed by atoms with van der Waals surface area (Å²) in [6, 6.07) is 60.7. The zero-order valence-corrected chi connectivity index (χ0v) is 31.3. The highest BCUT2D eigenvalue weighted by atomic mass is 16.3. The Balaban J connectivity index is 1.21. The fourth-order valence-electron chi connectivity index (χ4n) is 9.49. The molecule has 0 aliphatic carbocycles. The molecule has 0 radical (unpaired) electrons. The highest BCUT2D eigenvalue weighted by Crippen LogP contribution is 2.49. The fraction of sp³-hybridized carbons (Fsp3) is 0. The minimum atomic E-state index is 0.367. The van der Waals surface area contributed by atoms with Gasteiger partial charge >= 0.3 is 0 Å². The van der Waals surface area contributed by atoms with Crippen LogP contribution in [0.1, 0.15) is 5.56 Å². The Labute approximate surface area is 335 Å². The normalized spacial score (nSPS) is 12.1. The topological polar surface area (TPSA) is 84.9 Å². The first-order valence-electron chi connectivity index (χ1n) is 19.6. The maximum absolute atomic E-state index is 11.2. The smallest absolute Gasteiger partial charge is 0.169 e. The summed E-state index contributed by atoms with van der Waals surface area (Å²) in [6.07, 6.45) is 0. The minimum absolute atomic E-state index is 0.367. The summed E-state index contributed by atoms with van der Waals surface area (Å²) in [4.78, 5) is 15.1. The molecule has 13 rings (SSSR count). The predicted molar refractivity (Wildman–Crippen MR) is 237 cm³/mol. The van der Waals surface area contributed by atoms with E-state index in [1.54, 1.807) is 0 Å². The molecule has 0 saturated carbocycles. The number of hydrogen-bond donors (Lipinski definition) is 0. The zero-order valence-electron chi connectivity index (χ0n) is 31.3. The number of aromatic nitrogens is 5. The van der Waals surface area contributed by atoms with Gasteiger partial charge in [0.25, 0.3) is 0 Å². The van der Waals surface area contributed by atoms with Gasteiger partial charge in [0.2, 0.25) is 0 Å². The summed E-state index contributed by atoms with van der Waals surface area (Å²) in [5.74, 6) is 1.39. The molecule has 0 amide bonds. The average molecular weight is 753 g/mol. The van der Waals surface area contributed by atoms with Crippen molar-refractivity contribution in [2.75, 3.05) is 0 Å². The molecule has 0 spiro atoms. The van der Waals surface area contributed by atoms with Crippen molar-refractivity contribution in [2.24, 2.45) is 0 Å². The van der Waals surface area contributed by atoms with Gasteiger partial charge in [0.05, 0.1) is 49.8 Å². The second-order valence-corrected chi connectivity index (χ2v) is 15.0. The molecule has 0 saturated heterocycles. The van der Waals surface area contributed by atoms with Crippen molar-refractivity contribution < 1.29 is 4.42 Å². The van der Waals surface area contributed by atoms with E-state index in [1.165, 1.54) is 32.6 Å². The number of hydrogen-bond acceptors (Lipinski definition) is 5. The summed E-state index contributed by atoms with van der Waals surface area (Å²) in [7, 11) is 0. The SMILES string of the molecule is N#Cc1cc(-n2c3ccccc3c3cc4c5ccccc5n5c6ccccc6c(c32)c45)c2c(oc3ccccc32)c1-c1nc(-c2ccccc2)nc(-c2ccccc2)n1. The molecule has 0 unspecified atom stereocenters. The van der Waals surface area contributed by atoms with Gasteiger partial charge in [0, 0.05) is 48.8 Å². The van der Waals surface area contributed by atoms with Crippen LogP contribution in [0.2, 0.25) is 0 Å². The Morgan fingerprint density at radius 2 is 0.983 bits per heavy atom. The standard InChI is InChI=1S/C52H28N6O/c53-29-32-27-42(58-40-24-12-8-20-34(40)38-28-37-33-19-7-11-23-39(33)57-41-25-13-9-21-35(41)46(47(37)57)48(38)58)45-36-22-10-14-26-43(36)59-49(45)44(32)52-55-50(30-15-3-1-4-16-30)54-51(56-52)31-17-5-2-6-18-31/h1-28H. The lowest BCUT2D eigenvalue weighted by atomic mass is 10.00. The van der Waals surface area contributed by atoms with Crippen LogP contribution in [0.5, 0.6) is 0 Å². The van der Waals surface area contributed by atoms with Gasteiger partial charge in [0.1, 0.15) is 17.2 Å². The molecule has 13 aromatic rings. The van der Waals surface area contributed by atoms with Gasteiger partial charge < -0.3 is 13.4 Å². The van der Waals surface area contributed by atoms with Crippen molar-refractivity contribution in [3.8, 4) is 45.9 Å². The van der Waals surface area contributed by atoms with Gasteiger partial charge in [0.15, 0.2) is 17.5 Å². The highest BCUT2D eigenvalue weighted by Gasteiger charge is 2.29. The summed E-state index contributed by atoms with van der Waals surface area (Å²) >= 11 is 0. The molecule has 0 aliphatic heterocycles. The number of furan rings is 1. The van der Waals surface area contributed by atoms with Crippen LogP contribution in [-0.4, -0.2) is 23.9 Å². The van der Waals surface area contributed by atoms with Gasteiger partial charge in [-0.1, -0.05) is 133 Å². The van der Waals surface area contributed by atoms with Crippen LogP contribution in [0.15, 0.2) is 174 Å². The van der Waals surface area contributed by atoms with Gasteiger partial charge in [-0.3, -0.25) is 0 Å². The number of rotatable bonds is 4. The molecule has 59 heavy (non-hydrogen) atoms. The van der Waals surface area contributed by atoms with Crippen LogP contribution in [-0.2, 0) is 0 Å². The largest absolute Gasteiger partial charge is 0.455 e. The van der Waals surface area contributed by atoms with E-state index < -0.39 is 0 Å². The van der Waals surface area contributed by atoms with Gasteiger partial charge in [-0.2, -0.15) is 5.26 Å². The quantitative estimate of drug-likeness (QED) is 0.179. The Morgan fingerprint density at radius 3 is 1.66 bits per heavy atom. The molecular formula is C52H28N6O. The Hall–Kier alpha value is -8.34. The van der Waals surface area contributed by atoms with E-state index in [-0.39, 0.29) is 0 Å². The van der Waals surface area contributed by atoms with Crippen LogP contribution in [0.3, 0.4) is 0 Å². The first-order chi connectivity index (χ1) is 29.2. The third kappa shape index (κ3) is 4.32. The number of benzene rings is 8. The van der Waals surface area contributed by atoms with Crippen molar-refractivity contribution in [2.45, 2.75) is 0 Å². The van der Waals surface area contributed by atoms with Crippen molar-refractivity contribution in [3.63, 3.8) is 0 Å². The Kier molecular flexibility index (Phi) is 6.38. The molecule has 8 aromatic carbocycles. The third-order valence-electron chi connectivity index (χ3n) is 11.9. The molecule has 7 nitrogen and oxygen atoms in total. The van der Waals surface area contributed by atoms with Gasteiger partial charge in [-0.05, 0) is 36.4 Å². The third-order valence-corrected chi connectivity index (χ3v) is 11.9. The van der Waals surface area contributed by atoms with E-state index >= 15 is 0 Å². The molecule has 0 aliphatic rings. The molecule has 7 heteroatoms. The van der Waals surface area contributed by atoms with Crippen molar-refractivity contribution in [1.82, 2.24) is 23.9 Å². The number of fused-ring (bicyclic) bond motifs is 13. The summed E-state index contributed by atoms with van der Waals surface area (Å²) in [6.45, 7) is 0. The number of para-hydroxylation sites is 4. The first kappa shape index (κ1) is 31.8. The molecule has 0 bridgehead atoms. The fourth-order valence-corrected chi connectivity index (χ4v) is 9.49. The second kappa shape index (κ2) is 11.8. The summed E-state index contributed by atoms with van der Waals surface area (Å²) in [5, 5.41) is 20.1. The highest BCUT2D eigenvalue weighted by molar-refractivity contribution is 6.34. The Morgan fingerprint density at radius 1 is 0.458 bits per heavy atom. The number of nitrogens with zero attached hydrogens (tertiary/aromatic N) is 6. The van der Waals surface area contributed by atoms with E-state index in [4.69, 9.17) is 19.4 Å². The predicted octanol–water partition coefficient (Wildman–Crippen LogP) is 12.9. The van der Waals surface area contributed by atoms with Crippen LogP contribution in [0, 0.1) is 11.3 Å². The lowest BCUT2D eigenvalue weighted by Crippen LogP contribution is -2.03. The lowest BCUT2D eigenvalue weighted by Gasteiger charge is -2.15. The lowest BCUT2D eigenvalue weighted by molar-refractivity contribution is 0.669. The van der Waals surface area contributed by atoms with Crippen molar-refractivity contribution in [1.29, 1.82) is 5.26 Å². The van der Waals surface area contributed by atoms with Crippen molar-refractivity contribution >= 4 is 81.8 Å². The molecule has 272 valence electrons. The zero-order chi connectivity index (χ0) is 38.8. The van der Waals surface area contributed by atoms with E-state index in [0.29, 0.717) is 39.8 Å².